The van der Waals surface area contributed by atoms with Gasteiger partial charge in [0.25, 0.3) is 0 Å². The summed E-state index contributed by atoms with van der Waals surface area (Å²) in [4.78, 5) is 13.9. The molecule has 4 nitrogen and oxygen atoms in total. The van der Waals surface area contributed by atoms with Crippen LogP contribution in [0.3, 0.4) is 0 Å². The molecule has 1 heterocycles. The summed E-state index contributed by atoms with van der Waals surface area (Å²) in [5.41, 5.74) is -1.40. The molecule has 27 heavy (non-hydrogen) atoms. The molecule has 2 fully saturated rings. The van der Waals surface area contributed by atoms with E-state index in [-0.39, 0.29) is 5.69 Å². The number of hydrogen-bond acceptors (Lipinski definition) is 2. The van der Waals surface area contributed by atoms with Gasteiger partial charge in [-0.3, -0.25) is 0 Å². The minimum absolute atomic E-state index is 0.123. The number of benzene rings is 1. The van der Waals surface area contributed by atoms with Crippen LogP contribution < -0.4 is 5.32 Å². The zero-order chi connectivity index (χ0) is 19.5. The predicted octanol–water partition coefficient (Wildman–Crippen LogP) is 5.03. The fraction of sp³-hybridized carbons (Fsp3) is 0.650. The molecule has 150 valence electrons. The molecular weight excluding hydrogens is 357 g/mol. The molecule has 0 spiro atoms. The third kappa shape index (κ3) is 5.37. The summed E-state index contributed by atoms with van der Waals surface area (Å²) in [7, 11) is 0. The van der Waals surface area contributed by atoms with E-state index in [2.05, 4.69) is 5.32 Å². The van der Waals surface area contributed by atoms with E-state index in [1.807, 2.05) is 0 Å². The molecule has 0 radical (unpaired) electrons. The fourth-order valence-electron chi connectivity index (χ4n) is 4.23. The number of carbonyl (C=O) groups is 1. The van der Waals surface area contributed by atoms with E-state index < -0.39 is 23.4 Å². The van der Waals surface area contributed by atoms with Crippen LogP contribution in [0.15, 0.2) is 24.3 Å². The van der Waals surface area contributed by atoms with Gasteiger partial charge >= 0.3 is 12.2 Å². The maximum Gasteiger partial charge on any atom is 0.416 e. The molecule has 1 saturated carbocycles. The van der Waals surface area contributed by atoms with Crippen LogP contribution in [0.2, 0.25) is 0 Å². The highest BCUT2D eigenvalue weighted by molar-refractivity contribution is 5.89. The lowest BCUT2D eigenvalue weighted by Gasteiger charge is -2.40. The van der Waals surface area contributed by atoms with Crippen LogP contribution in [-0.2, 0) is 6.18 Å². The number of amides is 2. The summed E-state index contributed by atoms with van der Waals surface area (Å²) in [6.07, 6.45) is 3.44. The van der Waals surface area contributed by atoms with Gasteiger partial charge in [0, 0.05) is 18.8 Å². The Morgan fingerprint density at radius 2 is 1.85 bits per heavy atom. The van der Waals surface area contributed by atoms with Crippen LogP contribution in [0.5, 0.6) is 0 Å². The number of aliphatic hydroxyl groups is 1. The summed E-state index contributed by atoms with van der Waals surface area (Å²) in [5.74, 6) is 0.564. The SMILES string of the molecule is O=C(Nc1cccc(C(F)(F)F)c1)N1CCC(O)(CC2CCCCC2)CC1. The van der Waals surface area contributed by atoms with Gasteiger partial charge in [-0.1, -0.05) is 38.2 Å². The smallest absolute Gasteiger partial charge is 0.390 e. The van der Waals surface area contributed by atoms with Gasteiger partial charge in [0.1, 0.15) is 0 Å². The Labute approximate surface area is 157 Å². The van der Waals surface area contributed by atoms with Crippen molar-refractivity contribution in [3.05, 3.63) is 29.8 Å². The number of nitrogens with one attached hydrogen (secondary N) is 1. The Morgan fingerprint density at radius 1 is 1.19 bits per heavy atom. The van der Waals surface area contributed by atoms with Gasteiger partial charge in [0.2, 0.25) is 0 Å². The van der Waals surface area contributed by atoms with Crippen molar-refractivity contribution in [1.29, 1.82) is 0 Å². The highest BCUT2D eigenvalue weighted by Crippen LogP contribution is 2.36. The van der Waals surface area contributed by atoms with Gasteiger partial charge in [-0.15, -0.1) is 0 Å². The maximum absolute atomic E-state index is 12.8. The molecule has 1 aliphatic heterocycles. The monoisotopic (exact) mass is 384 g/mol. The fourth-order valence-corrected chi connectivity index (χ4v) is 4.23. The van der Waals surface area contributed by atoms with E-state index in [0.29, 0.717) is 31.8 Å². The first-order valence-electron chi connectivity index (χ1n) is 9.71. The predicted molar refractivity (Wildman–Crippen MR) is 97.4 cm³/mol. The number of alkyl halides is 3. The van der Waals surface area contributed by atoms with Gasteiger partial charge in [0.05, 0.1) is 11.2 Å². The first-order valence-corrected chi connectivity index (χ1v) is 9.71. The second-order valence-corrected chi connectivity index (χ2v) is 7.93. The van der Waals surface area contributed by atoms with Crippen molar-refractivity contribution < 1.29 is 23.1 Å². The van der Waals surface area contributed by atoms with Crippen LogP contribution in [0, 0.1) is 5.92 Å². The van der Waals surface area contributed by atoms with Crippen molar-refractivity contribution in [3.8, 4) is 0 Å². The van der Waals surface area contributed by atoms with Crippen LogP contribution in [0.4, 0.5) is 23.7 Å². The number of carbonyl (C=O) groups excluding carboxylic acids is 1. The molecule has 1 aromatic rings. The number of anilines is 1. The highest BCUT2D eigenvalue weighted by Gasteiger charge is 2.36. The largest absolute Gasteiger partial charge is 0.416 e. The Bertz CT molecular complexity index is 649. The molecule has 1 saturated heterocycles. The van der Waals surface area contributed by atoms with E-state index in [4.69, 9.17) is 0 Å². The second-order valence-electron chi connectivity index (χ2n) is 7.93. The van der Waals surface area contributed by atoms with Crippen molar-refractivity contribution in [2.24, 2.45) is 5.92 Å². The molecule has 0 unspecified atom stereocenters. The second kappa shape index (κ2) is 8.09. The Hall–Kier alpha value is -1.76. The van der Waals surface area contributed by atoms with Crippen LogP contribution in [0.1, 0.15) is 56.9 Å². The van der Waals surface area contributed by atoms with Crippen LogP contribution >= 0.6 is 0 Å². The van der Waals surface area contributed by atoms with Gasteiger partial charge in [0.15, 0.2) is 0 Å². The molecule has 2 N–H and O–H groups in total. The topological polar surface area (TPSA) is 52.6 Å². The van der Waals surface area contributed by atoms with Crippen LogP contribution in [0.25, 0.3) is 0 Å². The van der Waals surface area contributed by atoms with E-state index >= 15 is 0 Å². The molecule has 0 aromatic heterocycles. The number of halogens is 3. The van der Waals surface area contributed by atoms with Crippen molar-refractivity contribution in [3.63, 3.8) is 0 Å². The zero-order valence-corrected chi connectivity index (χ0v) is 15.4. The normalized spacial score (nSPS) is 21.1. The molecule has 0 bridgehead atoms. The van der Waals surface area contributed by atoms with Crippen molar-refractivity contribution in [2.75, 3.05) is 18.4 Å². The molecule has 3 rings (SSSR count). The Morgan fingerprint density at radius 3 is 2.48 bits per heavy atom. The average Bonchev–Trinajstić information content (AvgIpc) is 2.62. The standard InChI is InChI=1S/C20H27F3N2O2/c21-20(22,23)16-7-4-8-17(13-16)24-18(26)25-11-9-19(27,10-12-25)14-15-5-2-1-3-6-15/h4,7-8,13,15,27H,1-3,5-6,9-12,14H2,(H,24,26). The molecule has 7 heteroatoms. The summed E-state index contributed by atoms with van der Waals surface area (Å²) in [6.45, 7) is 0.821. The number of nitrogens with zero attached hydrogens (tertiary/aromatic N) is 1. The van der Waals surface area contributed by atoms with Crippen LogP contribution in [-0.4, -0.2) is 34.7 Å². The molecule has 2 aliphatic rings. The molecule has 1 aliphatic carbocycles. The van der Waals surface area contributed by atoms with E-state index in [1.54, 1.807) is 4.90 Å². The Balaban J connectivity index is 1.52. The maximum atomic E-state index is 12.8. The average molecular weight is 384 g/mol. The van der Waals surface area contributed by atoms with Crippen molar-refractivity contribution in [1.82, 2.24) is 4.90 Å². The molecular formula is C20H27F3N2O2. The summed E-state index contributed by atoms with van der Waals surface area (Å²) >= 11 is 0. The van der Waals surface area contributed by atoms with Gasteiger partial charge in [-0.05, 0) is 43.4 Å². The quantitative estimate of drug-likeness (QED) is 0.768. The zero-order valence-electron chi connectivity index (χ0n) is 15.4. The van der Waals surface area contributed by atoms with Crippen molar-refractivity contribution >= 4 is 11.7 Å². The minimum atomic E-state index is -4.44. The minimum Gasteiger partial charge on any atom is -0.390 e. The summed E-state index contributed by atoms with van der Waals surface area (Å²) in [6, 6.07) is 4.20. The van der Waals surface area contributed by atoms with E-state index in [1.165, 1.54) is 44.2 Å². The van der Waals surface area contributed by atoms with Crippen molar-refractivity contribution in [2.45, 2.75) is 63.1 Å². The lowest BCUT2D eigenvalue weighted by molar-refractivity contribution is -0.137. The van der Waals surface area contributed by atoms with Gasteiger partial charge < -0.3 is 15.3 Å². The molecule has 1 aromatic carbocycles. The number of urea groups is 1. The lowest BCUT2D eigenvalue weighted by Crippen LogP contribution is -2.48. The number of likely N-dealkylation sites (tertiary alicyclic amines) is 1. The number of rotatable bonds is 3. The third-order valence-corrected chi connectivity index (χ3v) is 5.82. The molecule has 0 atom stereocenters. The third-order valence-electron chi connectivity index (χ3n) is 5.82. The first-order chi connectivity index (χ1) is 12.8. The van der Waals surface area contributed by atoms with E-state index in [9.17, 15) is 23.1 Å². The number of hydrogen-bond donors (Lipinski definition) is 2. The van der Waals surface area contributed by atoms with Gasteiger partial charge in [-0.25, -0.2) is 4.79 Å². The first kappa shape index (κ1) is 20.0. The summed E-state index contributed by atoms with van der Waals surface area (Å²) < 4.78 is 38.4. The van der Waals surface area contributed by atoms with Gasteiger partial charge in [-0.2, -0.15) is 13.2 Å². The van der Waals surface area contributed by atoms with E-state index in [0.717, 1.165) is 18.6 Å². The molecule has 2 amide bonds. The number of piperidine rings is 1. The summed E-state index contributed by atoms with van der Waals surface area (Å²) in [5, 5.41) is 13.4. The Kier molecular flexibility index (Phi) is 5.99. The highest BCUT2D eigenvalue weighted by atomic mass is 19.4. The lowest BCUT2D eigenvalue weighted by atomic mass is 9.77.